The van der Waals surface area contributed by atoms with Crippen LogP contribution in [0.3, 0.4) is 0 Å². The summed E-state index contributed by atoms with van der Waals surface area (Å²) >= 11 is 0.938. The molecule has 0 aromatic carbocycles. The van der Waals surface area contributed by atoms with E-state index in [0.717, 1.165) is 45.4 Å². The summed E-state index contributed by atoms with van der Waals surface area (Å²) in [6.07, 6.45) is 3.95. The van der Waals surface area contributed by atoms with E-state index in [-0.39, 0.29) is 23.4 Å². The number of nitrogens with zero attached hydrogens (tertiary/aromatic N) is 4. The molecule has 23 heavy (non-hydrogen) atoms. The van der Waals surface area contributed by atoms with E-state index in [9.17, 15) is 14.6 Å². The van der Waals surface area contributed by atoms with Crippen LogP contribution in [0.15, 0.2) is 6.33 Å². The topological polar surface area (TPSA) is 119 Å². The zero-order chi connectivity index (χ0) is 17.2. The predicted octanol–water partition coefficient (Wildman–Crippen LogP) is -1.57. The van der Waals surface area contributed by atoms with Crippen LogP contribution in [0.1, 0.15) is 12.6 Å². The molecule has 117 valence electrons. The van der Waals surface area contributed by atoms with Crippen LogP contribution in [0.4, 0.5) is 10.2 Å². The fourth-order valence-electron chi connectivity index (χ4n) is 2.36. The third kappa shape index (κ3) is 3.47. The monoisotopic (exact) mass is 412 g/mol. The first-order valence-corrected chi connectivity index (χ1v) is 14.9. The molecule has 2 unspecified atom stereocenters. The average Bonchev–Trinajstić information content (AvgIpc) is 3.10. The summed E-state index contributed by atoms with van der Waals surface area (Å²) < 4.78 is 20.2. The molecular formula is C12H12FKN5O3Se. The normalized spacial score (nSPS) is 26.7. The molecule has 1 aliphatic rings. The number of hydrogen-bond acceptors (Lipinski definition) is 7. The molecule has 11 heteroatoms. The summed E-state index contributed by atoms with van der Waals surface area (Å²) in [7, 11) is 0. The van der Waals surface area contributed by atoms with Crippen molar-refractivity contribution in [2.75, 3.05) is 12.3 Å². The van der Waals surface area contributed by atoms with Gasteiger partial charge in [0.1, 0.15) is 12.3 Å². The van der Waals surface area contributed by atoms with Gasteiger partial charge in [-0.05, 0) is 0 Å². The number of fused-ring (bicyclic) bond motifs is 1. The molecule has 0 bridgehead atoms. The number of terminal acetylenes is 1. The van der Waals surface area contributed by atoms with Crippen LogP contribution < -0.4 is 5.73 Å². The molecule has 2 aromatic heterocycles. The number of imidazole rings is 1. The molecular weight excluding hydrogens is 399 g/mol. The van der Waals surface area contributed by atoms with Gasteiger partial charge in [-0.25, -0.2) is 4.98 Å². The van der Waals surface area contributed by atoms with E-state index < -0.39 is 30.6 Å². The van der Waals surface area contributed by atoms with Gasteiger partial charge in [0, 0.05) is 6.42 Å². The molecule has 3 rings (SSSR count). The number of anilines is 1. The molecule has 1 aliphatic heterocycles. The van der Waals surface area contributed by atoms with Gasteiger partial charge in [-0.2, -0.15) is 14.4 Å². The molecule has 1 radical (unpaired) electrons. The number of aliphatic hydroxyl groups excluding tert-OH is 2. The van der Waals surface area contributed by atoms with Gasteiger partial charge in [0.25, 0.3) is 0 Å². The van der Waals surface area contributed by atoms with Crippen LogP contribution in [-0.2, 0) is 4.74 Å². The number of nitrogen functional groups attached to an aromatic ring is 1. The maximum absolute atomic E-state index is 13.3. The van der Waals surface area contributed by atoms with Crippen LogP contribution in [0.25, 0.3) is 11.2 Å². The zero-order valence-corrected chi connectivity index (χ0v) is 17.0. The Bertz CT molecular complexity index is 754. The first-order chi connectivity index (χ1) is 11.0. The van der Waals surface area contributed by atoms with E-state index >= 15 is 0 Å². The SMILES string of the molecule is C#CC1(CO)OC(n2cnc3c(N)nc(F)nc32)C[C@@H]1O.[K][Se]. The Morgan fingerprint density at radius 3 is 2.87 bits per heavy atom. The minimum absolute atomic E-state index is 0.0971. The second kappa shape index (κ2) is 7.84. The van der Waals surface area contributed by atoms with Gasteiger partial charge in [0.05, 0.1) is 12.9 Å². The Labute approximate surface area is 167 Å². The number of aromatic nitrogens is 4. The number of nitrogens with two attached hydrogens (primary N) is 1. The van der Waals surface area contributed by atoms with Crippen molar-refractivity contribution in [3.8, 4) is 12.3 Å². The molecule has 0 amide bonds. The van der Waals surface area contributed by atoms with Crippen molar-refractivity contribution < 1.29 is 19.3 Å². The molecule has 0 saturated carbocycles. The second-order valence-corrected chi connectivity index (χ2v) is 4.72. The molecule has 0 aliphatic carbocycles. The van der Waals surface area contributed by atoms with Crippen molar-refractivity contribution in [3.05, 3.63) is 12.4 Å². The van der Waals surface area contributed by atoms with Crippen LogP contribution >= 0.6 is 0 Å². The zero-order valence-electron chi connectivity index (χ0n) is 12.2. The average molecular weight is 411 g/mol. The van der Waals surface area contributed by atoms with E-state index in [1.165, 1.54) is 10.9 Å². The van der Waals surface area contributed by atoms with E-state index in [1.807, 2.05) is 0 Å². The Balaban J connectivity index is 0.000000924. The van der Waals surface area contributed by atoms with Crippen molar-refractivity contribution in [2.45, 2.75) is 24.4 Å². The molecule has 0 spiro atoms. The van der Waals surface area contributed by atoms with Gasteiger partial charge in [-0.3, -0.25) is 4.57 Å². The standard InChI is InChI=1S/C12H12FN5O3.K.Se/c1-2-12(4-19)6(20)3-7(21-12)18-5-15-8-9(14)16-11(13)17-10(8)18;;/h1,5-7,19-20H,3-4H2,(H2,14,16,17);;/t6-,7?,12?;;/m0../s1. The summed E-state index contributed by atoms with van der Waals surface area (Å²) in [5.41, 5.74) is 4.42. The van der Waals surface area contributed by atoms with Crippen LogP contribution in [0, 0.1) is 18.4 Å². The molecule has 3 atom stereocenters. The summed E-state index contributed by atoms with van der Waals surface area (Å²) in [5, 5.41) is 19.3. The molecule has 4 N–H and O–H groups in total. The minimum atomic E-state index is -1.50. The van der Waals surface area contributed by atoms with Gasteiger partial charge in [-0.1, -0.05) is 5.92 Å². The first-order valence-electron chi connectivity index (χ1n) is 6.51. The van der Waals surface area contributed by atoms with Crippen molar-refractivity contribution in [1.82, 2.24) is 19.5 Å². The van der Waals surface area contributed by atoms with Gasteiger partial charge in [-0.15, -0.1) is 6.42 Å². The maximum atomic E-state index is 13.3. The Morgan fingerprint density at radius 2 is 2.30 bits per heavy atom. The molecule has 3 heterocycles. The Morgan fingerprint density at radius 1 is 1.61 bits per heavy atom. The van der Waals surface area contributed by atoms with E-state index in [0.29, 0.717) is 0 Å². The third-order valence-electron chi connectivity index (χ3n) is 3.52. The molecule has 1 saturated heterocycles. The van der Waals surface area contributed by atoms with Crippen LogP contribution in [0.5, 0.6) is 0 Å². The molecule has 2 aromatic rings. The summed E-state index contributed by atoms with van der Waals surface area (Å²) in [4.78, 5) is 11.0. The van der Waals surface area contributed by atoms with Gasteiger partial charge in [0.2, 0.25) is 0 Å². The predicted molar refractivity (Wildman–Crippen MR) is 80.6 cm³/mol. The summed E-state index contributed by atoms with van der Waals surface area (Å²) in [5.74, 6) is 2.16. The van der Waals surface area contributed by atoms with Crippen molar-refractivity contribution in [1.29, 1.82) is 0 Å². The van der Waals surface area contributed by atoms with Crippen LogP contribution in [-0.4, -0.2) is 100 Å². The fraction of sp³-hybridized carbons (Fsp3) is 0.417. The van der Waals surface area contributed by atoms with Crippen LogP contribution in [0.2, 0.25) is 0 Å². The second-order valence-electron chi connectivity index (χ2n) is 4.72. The number of halogens is 1. The first kappa shape index (κ1) is 19.2. The van der Waals surface area contributed by atoms with Gasteiger partial charge >= 0.3 is 58.1 Å². The number of aliphatic hydroxyl groups is 2. The third-order valence-corrected chi connectivity index (χ3v) is 3.52. The number of hydrogen-bond donors (Lipinski definition) is 3. The molecule has 8 nitrogen and oxygen atoms in total. The van der Waals surface area contributed by atoms with Gasteiger partial charge in [0.15, 0.2) is 22.6 Å². The fourth-order valence-corrected chi connectivity index (χ4v) is 2.36. The Hall–Kier alpha value is -0.124. The molecule has 1 fully saturated rings. The van der Waals surface area contributed by atoms with E-state index in [1.54, 1.807) is 0 Å². The number of rotatable bonds is 2. The number of ether oxygens (including phenoxy) is 1. The van der Waals surface area contributed by atoms with Crippen molar-refractivity contribution >= 4 is 69.0 Å². The quantitative estimate of drug-likeness (QED) is 0.310. The van der Waals surface area contributed by atoms with Crippen molar-refractivity contribution in [2.24, 2.45) is 0 Å². The van der Waals surface area contributed by atoms with Crippen molar-refractivity contribution in [3.63, 3.8) is 0 Å². The summed E-state index contributed by atoms with van der Waals surface area (Å²) in [6.45, 7) is 2.27. The summed E-state index contributed by atoms with van der Waals surface area (Å²) in [6, 6.07) is 0. The Kier molecular flexibility index (Phi) is 6.54. The van der Waals surface area contributed by atoms with E-state index in [2.05, 4.69) is 27.5 Å². The van der Waals surface area contributed by atoms with Gasteiger partial charge < -0.3 is 20.7 Å². The van der Waals surface area contributed by atoms with E-state index in [4.69, 9.17) is 16.9 Å².